The molecule has 1 rings (SSSR count). The van der Waals surface area contributed by atoms with Gasteiger partial charge in [0.15, 0.2) is 0 Å². The molecule has 1 unspecified atom stereocenters. The van der Waals surface area contributed by atoms with Gasteiger partial charge in [0.25, 0.3) is 0 Å². The molecule has 2 heteroatoms. The largest absolute Gasteiger partial charge is 0.496 e. The molecule has 1 aromatic carbocycles. The summed E-state index contributed by atoms with van der Waals surface area (Å²) < 4.78 is 5.37. The van der Waals surface area contributed by atoms with Crippen molar-refractivity contribution in [1.29, 1.82) is 0 Å². The second kappa shape index (κ2) is 6.06. The standard InChI is InChI=1S/C15H24O2/c1-10(2)6-7-13(16)15-12(4)8-11(3)9-14(15)17-5/h8-10,13,16H,6-7H2,1-5H3. The molecule has 0 bridgehead atoms. The Kier molecular flexibility index (Phi) is 5.01. The van der Waals surface area contributed by atoms with E-state index in [1.54, 1.807) is 7.11 Å². The van der Waals surface area contributed by atoms with Crippen molar-refractivity contribution in [1.82, 2.24) is 0 Å². The Morgan fingerprint density at radius 3 is 2.35 bits per heavy atom. The number of benzene rings is 1. The quantitative estimate of drug-likeness (QED) is 0.843. The van der Waals surface area contributed by atoms with Gasteiger partial charge in [-0.1, -0.05) is 19.9 Å². The van der Waals surface area contributed by atoms with E-state index in [9.17, 15) is 5.11 Å². The highest BCUT2D eigenvalue weighted by Gasteiger charge is 2.16. The number of methoxy groups -OCH3 is 1. The van der Waals surface area contributed by atoms with Crippen LogP contribution in [0, 0.1) is 19.8 Å². The van der Waals surface area contributed by atoms with Gasteiger partial charge in [0.05, 0.1) is 13.2 Å². The summed E-state index contributed by atoms with van der Waals surface area (Å²) in [6, 6.07) is 4.08. The van der Waals surface area contributed by atoms with Gasteiger partial charge in [-0.3, -0.25) is 0 Å². The van der Waals surface area contributed by atoms with Gasteiger partial charge in [-0.05, 0) is 49.8 Å². The first kappa shape index (κ1) is 14.0. The van der Waals surface area contributed by atoms with E-state index in [0.29, 0.717) is 5.92 Å². The lowest BCUT2D eigenvalue weighted by molar-refractivity contribution is 0.154. The van der Waals surface area contributed by atoms with E-state index in [0.717, 1.165) is 29.7 Å². The Balaban J connectivity index is 2.95. The van der Waals surface area contributed by atoms with E-state index >= 15 is 0 Å². The molecular formula is C15H24O2. The van der Waals surface area contributed by atoms with Crippen LogP contribution < -0.4 is 4.74 Å². The Morgan fingerprint density at radius 1 is 1.18 bits per heavy atom. The molecule has 17 heavy (non-hydrogen) atoms. The van der Waals surface area contributed by atoms with Crippen LogP contribution in [0.2, 0.25) is 0 Å². The molecule has 0 spiro atoms. The summed E-state index contributed by atoms with van der Waals surface area (Å²) in [7, 11) is 1.66. The summed E-state index contributed by atoms with van der Waals surface area (Å²) in [6.45, 7) is 8.42. The number of aliphatic hydroxyl groups is 1. The van der Waals surface area contributed by atoms with Crippen LogP contribution in [0.1, 0.15) is 49.5 Å². The van der Waals surface area contributed by atoms with Crippen LogP contribution in [0.25, 0.3) is 0 Å². The van der Waals surface area contributed by atoms with Crippen molar-refractivity contribution in [3.05, 3.63) is 28.8 Å². The highest BCUT2D eigenvalue weighted by atomic mass is 16.5. The number of aliphatic hydroxyl groups excluding tert-OH is 1. The summed E-state index contributed by atoms with van der Waals surface area (Å²) in [6.07, 6.45) is 1.39. The molecule has 2 nitrogen and oxygen atoms in total. The smallest absolute Gasteiger partial charge is 0.125 e. The SMILES string of the molecule is COc1cc(C)cc(C)c1C(O)CCC(C)C. The van der Waals surface area contributed by atoms with Crippen LogP contribution in [-0.2, 0) is 0 Å². The molecule has 0 fully saturated rings. The van der Waals surface area contributed by atoms with Crippen molar-refractivity contribution in [3.63, 3.8) is 0 Å². The van der Waals surface area contributed by atoms with Gasteiger partial charge >= 0.3 is 0 Å². The third kappa shape index (κ3) is 3.74. The lowest BCUT2D eigenvalue weighted by atomic mass is 9.94. The third-order valence-corrected chi connectivity index (χ3v) is 3.06. The zero-order chi connectivity index (χ0) is 13.0. The number of hydrogen-bond acceptors (Lipinski definition) is 2. The molecule has 1 atom stereocenters. The maximum atomic E-state index is 10.3. The van der Waals surface area contributed by atoms with Crippen molar-refractivity contribution in [2.45, 2.75) is 46.6 Å². The maximum Gasteiger partial charge on any atom is 0.125 e. The van der Waals surface area contributed by atoms with Crippen molar-refractivity contribution in [2.75, 3.05) is 7.11 Å². The van der Waals surface area contributed by atoms with Crippen LogP contribution in [0.3, 0.4) is 0 Å². The van der Waals surface area contributed by atoms with E-state index in [2.05, 4.69) is 19.9 Å². The first-order chi connectivity index (χ1) is 7.95. The van der Waals surface area contributed by atoms with Gasteiger partial charge < -0.3 is 9.84 Å². The highest BCUT2D eigenvalue weighted by Crippen LogP contribution is 2.32. The average molecular weight is 236 g/mol. The summed E-state index contributed by atoms with van der Waals surface area (Å²) in [5, 5.41) is 10.3. The van der Waals surface area contributed by atoms with E-state index in [-0.39, 0.29) is 0 Å². The second-order valence-corrected chi connectivity index (χ2v) is 5.18. The van der Waals surface area contributed by atoms with Crippen LogP contribution in [0.4, 0.5) is 0 Å². The number of rotatable bonds is 5. The Morgan fingerprint density at radius 2 is 1.82 bits per heavy atom. The van der Waals surface area contributed by atoms with E-state index in [1.165, 1.54) is 5.56 Å². The molecule has 0 heterocycles. The summed E-state index contributed by atoms with van der Waals surface area (Å²) >= 11 is 0. The molecule has 0 aliphatic carbocycles. The molecule has 0 aliphatic rings. The van der Waals surface area contributed by atoms with E-state index in [1.807, 2.05) is 19.9 Å². The third-order valence-electron chi connectivity index (χ3n) is 3.06. The molecule has 0 aliphatic heterocycles. The lowest BCUT2D eigenvalue weighted by Gasteiger charge is -2.19. The van der Waals surface area contributed by atoms with Crippen LogP contribution in [0.15, 0.2) is 12.1 Å². The first-order valence-electron chi connectivity index (χ1n) is 6.29. The van der Waals surface area contributed by atoms with Crippen LogP contribution in [-0.4, -0.2) is 12.2 Å². The van der Waals surface area contributed by atoms with Gasteiger partial charge in [0.2, 0.25) is 0 Å². The fourth-order valence-electron chi connectivity index (χ4n) is 2.17. The number of aryl methyl sites for hydroxylation is 2. The van der Waals surface area contributed by atoms with Gasteiger partial charge in [-0.15, -0.1) is 0 Å². The Labute approximate surface area is 105 Å². The molecule has 1 aromatic rings. The second-order valence-electron chi connectivity index (χ2n) is 5.18. The highest BCUT2D eigenvalue weighted by molar-refractivity contribution is 5.44. The molecule has 0 saturated heterocycles. The monoisotopic (exact) mass is 236 g/mol. The Hall–Kier alpha value is -1.02. The van der Waals surface area contributed by atoms with Crippen molar-refractivity contribution < 1.29 is 9.84 Å². The molecule has 0 amide bonds. The first-order valence-corrected chi connectivity index (χ1v) is 6.29. The van der Waals surface area contributed by atoms with E-state index in [4.69, 9.17) is 4.74 Å². The number of ether oxygens (including phenoxy) is 1. The molecule has 96 valence electrons. The molecular weight excluding hydrogens is 212 g/mol. The van der Waals surface area contributed by atoms with Gasteiger partial charge in [-0.25, -0.2) is 0 Å². The zero-order valence-electron chi connectivity index (χ0n) is 11.6. The predicted molar refractivity (Wildman–Crippen MR) is 71.5 cm³/mol. The van der Waals surface area contributed by atoms with Crippen LogP contribution in [0.5, 0.6) is 5.75 Å². The fourth-order valence-corrected chi connectivity index (χ4v) is 2.17. The predicted octanol–water partition coefficient (Wildman–Crippen LogP) is 3.78. The summed E-state index contributed by atoms with van der Waals surface area (Å²) in [5.41, 5.74) is 3.22. The van der Waals surface area contributed by atoms with E-state index < -0.39 is 6.10 Å². The van der Waals surface area contributed by atoms with Crippen molar-refractivity contribution in [2.24, 2.45) is 5.92 Å². The minimum Gasteiger partial charge on any atom is -0.496 e. The van der Waals surface area contributed by atoms with Gasteiger partial charge in [0.1, 0.15) is 5.75 Å². The zero-order valence-corrected chi connectivity index (χ0v) is 11.6. The lowest BCUT2D eigenvalue weighted by Crippen LogP contribution is -2.05. The van der Waals surface area contributed by atoms with Crippen LogP contribution >= 0.6 is 0 Å². The minimum atomic E-state index is -0.423. The number of hydrogen-bond donors (Lipinski definition) is 1. The Bertz CT molecular complexity index is 369. The maximum absolute atomic E-state index is 10.3. The fraction of sp³-hybridized carbons (Fsp3) is 0.600. The van der Waals surface area contributed by atoms with Gasteiger partial charge in [-0.2, -0.15) is 0 Å². The van der Waals surface area contributed by atoms with Crippen molar-refractivity contribution >= 4 is 0 Å². The molecule has 0 radical (unpaired) electrons. The normalized spacial score (nSPS) is 12.9. The molecule has 0 saturated carbocycles. The molecule has 1 N–H and O–H groups in total. The molecule has 0 aromatic heterocycles. The van der Waals surface area contributed by atoms with Crippen molar-refractivity contribution in [3.8, 4) is 5.75 Å². The summed E-state index contributed by atoms with van der Waals surface area (Å²) in [5.74, 6) is 1.42. The topological polar surface area (TPSA) is 29.5 Å². The minimum absolute atomic E-state index is 0.423. The van der Waals surface area contributed by atoms with Gasteiger partial charge in [0, 0.05) is 5.56 Å². The summed E-state index contributed by atoms with van der Waals surface area (Å²) in [4.78, 5) is 0. The average Bonchev–Trinajstić information content (AvgIpc) is 2.24.